The third-order valence-electron chi connectivity index (χ3n) is 3.57. The number of pyridine rings is 1. The summed E-state index contributed by atoms with van der Waals surface area (Å²) in [5.74, 6) is 0. The Morgan fingerprint density at radius 3 is 2.80 bits per heavy atom. The van der Waals surface area contributed by atoms with Crippen LogP contribution in [0.4, 0.5) is 16.2 Å². The van der Waals surface area contributed by atoms with Gasteiger partial charge in [0, 0.05) is 24.6 Å². The Balaban J connectivity index is 1.91. The second kappa shape index (κ2) is 4.85. The molecule has 1 aromatic carbocycles. The maximum absolute atomic E-state index is 12.4. The first kappa shape index (κ1) is 12.5. The Hall–Kier alpha value is -2.56. The highest BCUT2D eigenvalue weighted by Gasteiger charge is 2.36. The second-order valence-electron chi connectivity index (χ2n) is 4.87. The van der Waals surface area contributed by atoms with Crippen molar-refractivity contribution in [3.05, 3.63) is 54.4 Å². The summed E-state index contributed by atoms with van der Waals surface area (Å²) in [4.78, 5) is 20.2. The Labute approximate surface area is 117 Å². The second-order valence-corrected chi connectivity index (χ2v) is 4.87. The van der Waals surface area contributed by atoms with Gasteiger partial charge in [-0.3, -0.25) is 9.88 Å². The molecular weight excluding hydrogens is 252 g/mol. The van der Waals surface area contributed by atoms with Crippen LogP contribution in [0.3, 0.4) is 0 Å². The summed E-state index contributed by atoms with van der Waals surface area (Å²) in [7, 11) is 1.80. The predicted molar refractivity (Wildman–Crippen MR) is 78.3 cm³/mol. The molecule has 102 valence electrons. The van der Waals surface area contributed by atoms with Crippen LogP contribution in [0.25, 0.3) is 0 Å². The molecule has 1 fully saturated rings. The van der Waals surface area contributed by atoms with Gasteiger partial charge in [-0.1, -0.05) is 12.1 Å². The van der Waals surface area contributed by atoms with Crippen LogP contribution in [0, 0.1) is 0 Å². The summed E-state index contributed by atoms with van der Waals surface area (Å²) in [5, 5.41) is 0. The first-order valence-corrected chi connectivity index (χ1v) is 6.47. The SMILES string of the molecule is CN1C(=O)N(c2cccc(N)c2)CC1c1ccccn1. The fourth-order valence-electron chi connectivity index (χ4n) is 2.47. The minimum Gasteiger partial charge on any atom is -0.399 e. The minimum atomic E-state index is -0.0369. The Bertz CT molecular complexity index is 629. The minimum absolute atomic E-state index is 0.0359. The fraction of sp³-hybridized carbons (Fsp3) is 0.200. The topological polar surface area (TPSA) is 62.5 Å². The van der Waals surface area contributed by atoms with E-state index in [1.54, 1.807) is 23.0 Å². The summed E-state index contributed by atoms with van der Waals surface area (Å²) < 4.78 is 0. The van der Waals surface area contributed by atoms with Gasteiger partial charge in [-0.25, -0.2) is 4.79 Å². The van der Waals surface area contributed by atoms with Gasteiger partial charge < -0.3 is 10.6 Å². The van der Waals surface area contributed by atoms with E-state index in [0.29, 0.717) is 12.2 Å². The Kier molecular flexibility index (Phi) is 3.02. The molecule has 1 atom stereocenters. The molecular formula is C15H16N4O. The van der Waals surface area contributed by atoms with Crippen molar-refractivity contribution in [3.63, 3.8) is 0 Å². The first-order chi connectivity index (χ1) is 9.66. The van der Waals surface area contributed by atoms with Gasteiger partial charge in [0.25, 0.3) is 0 Å². The Morgan fingerprint density at radius 1 is 1.25 bits per heavy atom. The van der Waals surface area contributed by atoms with E-state index < -0.39 is 0 Å². The zero-order valence-corrected chi connectivity index (χ0v) is 11.2. The molecule has 5 heteroatoms. The lowest BCUT2D eigenvalue weighted by atomic mass is 10.2. The van der Waals surface area contributed by atoms with Crippen LogP contribution in [0.1, 0.15) is 11.7 Å². The number of hydrogen-bond acceptors (Lipinski definition) is 3. The summed E-state index contributed by atoms with van der Waals surface area (Å²) >= 11 is 0. The normalized spacial score (nSPS) is 18.6. The van der Waals surface area contributed by atoms with Crippen molar-refractivity contribution in [2.75, 3.05) is 24.2 Å². The molecule has 0 aliphatic carbocycles. The lowest BCUT2D eigenvalue weighted by Crippen LogP contribution is -2.29. The van der Waals surface area contributed by atoms with E-state index in [2.05, 4.69) is 4.98 Å². The van der Waals surface area contributed by atoms with Gasteiger partial charge in [0.15, 0.2) is 0 Å². The van der Waals surface area contributed by atoms with Crippen molar-refractivity contribution in [3.8, 4) is 0 Å². The molecule has 2 aromatic rings. The van der Waals surface area contributed by atoms with E-state index in [0.717, 1.165) is 11.4 Å². The lowest BCUT2D eigenvalue weighted by molar-refractivity contribution is 0.218. The molecule has 2 heterocycles. The number of urea groups is 1. The number of rotatable bonds is 2. The van der Waals surface area contributed by atoms with Crippen LogP contribution in [-0.4, -0.2) is 29.5 Å². The van der Waals surface area contributed by atoms with Gasteiger partial charge in [-0.05, 0) is 30.3 Å². The van der Waals surface area contributed by atoms with Gasteiger partial charge in [0.1, 0.15) is 0 Å². The van der Waals surface area contributed by atoms with Gasteiger partial charge in [0.05, 0.1) is 18.3 Å². The number of likely N-dealkylation sites (N-methyl/N-ethyl adjacent to an activating group) is 1. The number of nitrogens with zero attached hydrogens (tertiary/aromatic N) is 3. The zero-order chi connectivity index (χ0) is 14.1. The highest BCUT2D eigenvalue weighted by molar-refractivity contribution is 5.95. The van der Waals surface area contributed by atoms with Gasteiger partial charge in [0.2, 0.25) is 0 Å². The number of anilines is 2. The number of carbonyl (C=O) groups excluding carboxylic acids is 1. The zero-order valence-electron chi connectivity index (χ0n) is 11.2. The number of benzene rings is 1. The van der Waals surface area contributed by atoms with Crippen molar-refractivity contribution in [1.29, 1.82) is 0 Å². The van der Waals surface area contributed by atoms with Crippen LogP contribution in [0.2, 0.25) is 0 Å². The van der Waals surface area contributed by atoms with Crippen molar-refractivity contribution < 1.29 is 4.79 Å². The van der Waals surface area contributed by atoms with Crippen molar-refractivity contribution in [2.45, 2.75) is 6.04 Å². The van der Waals surface area contributed by atoms with Gasteiger partial charge in [-0.2, -0.15) is 0 Å². The smallest absolute Gasteiger partial charge is 0.324 e. The summed E-state index contributed by atoms with van der Waals surface area (Å²) in [5.41, 5.74) is 8.16. The highest BCUT2D eigenvalue weighted by Crippen LogP contribution is 2.31. The average Bonchev–Trinajstić information content (AvgIpc) is 2.76. The molecule has 20 heavy (non-hydrogen) atoms. The van der Waals surface area contributed by atoms with E-state index in [4.69, 9.17) is 5.73 Å². The van der Waals surface area contributed by atoms with Crippen LogP contribution in [0.15, 0.2) is 48.7 Å². The standard InChI is InChI=1S/C15H16N4O/c1-18-14(13-7-2-3-8-17-13)10-19(15(18)20)12-6-4-5-11(16)9-12/h2-9,14H,10,16H2,1H3. The number of nitrogens with two attached hydrogens (primary N) is 1. The molecule has 0 spiro atoms. The maximum atomic E-state index is 12.4. The van der Waals surface area contributed by atoms with Crippen molar-refractivity contribution >= 4 is 17.4 Å². The number of hydrogen-bond donors (Lipinski definition) is 1. The summed E-state index contributed by atoms with van der Waals surface area (Å²) in [6, 6.07) is 13.0. The largest absolute Gasteiger partial charge is 0.399 e. The average molecular weight is 268 g/mol. The summed E-state index contributed by atoms with van der Waals surface area (Å²) in [6.07, 6.45) is 1.75. The fourth-order valence-corrected chi connectivity index (χ4v) is 2.47. The van der Waals surface area contributed by atoms with Crippen LogP contribution < -0.4 is 10.6 Å². The van der Waals surface area contributed by atoms with E-state index in [-0.39, 0.29) is 12.1 Å². The molecule has 1 unspecified atom stereocenters. The molecule has 2 amide bonds. The number of carbonyl (C=O) groups is 1. The number of nitrogen functional groups attached to an aromatic ring is 1. The monoisotopic (exact) mass is 268 g/mol. The molecule has 5 nitrogen and oxygen atoms in total. The lowest BCUT2D eigenvalue weighted by Gasteiger charge is -2.16. The first-order valence-electron chi connectivity index (χ1n) is 6.47. The van der Waals surface area contributed by atoms with Gasteiger partial charge >= 0.3 is 6.03 Å². The highest BCUT2D eigenvalue weighted by atomic mass is 16.2. The van der Waals surface area contributed by atoms with Crippen molar-refractivity contribution in [2.24, 2.45) is 0 Å². The predicted octanol–water partition coefficient (Wildman–Crippen LogP) is 2.28. The van der Waals surface area contributed by atoms with Gasteiger partial charge in [-0.15, -0.1) is 0 Å². The van der Waals surface area contributed by atoms with Crippen LogP contribution in [0.5, 0.6) is 0 Å². The Morgan fingerprint density at radius 2 is 2.10 bits per heavy atom. The molecule has 1 saturated heterocycles. The van der Waals surface area contributed by atoms with E-state index in [1.165, 1.54) is 0 Å². The van der Waals surface area contributed by atoms with Crippen LogP contribution in [-0.2, 0) is 0 Å². The van der Waals surface area contributed by atoms with Crippen LogP contribution >= 0.6 is 0 Å². The third kappa shape index (κ3) is 2.07. The molecule has 2 N–H and O–H groups in total. The van der Waals surface area contributed by atoms with E-state index >= 15 is 0 Å². The quantitative estimate of drug-likeness (QED) is 0.850. The molecule has 0 radical (unpaired) electrons. The van der Waals surface area contributed by atoms with E-state index in [1.807, 2.05) is 42.5 Å². The molecule has 0 saturated carbocycles. The molecule has 3 rings (SSSR count). The molecule has 1 aromatic heterocycles. The third-order valence-corrected chi connectivity index (χ3v) is 3.57. The maximum Gasteiger partial charge on any atom is 0.324 e. The van der Waals surface area contributed by atoms with E-state index in [9.17, 15) is 4.79 Å². The van der Waals surface area contributed by atoms with Crippen molar-refractivity contribution in [1.82, 2.24) is 9.88 Å². The molecule has 1 aliphatic heterocycles. The summed E-state index contributed by atoms with van der Waals surface area (Å²) in [6.45, 7) is 0.579. The number of amides is 2. The molecule has 0 bridgehead atoms. The molecule has 1 aliphatic rings. The number of aromatic nitrogens is 1.